The molecule has 2 aliphatic heterocycles. The average Bonchev–Trinajstić information content (AvgIpc) is 3.44. The van der Waals surface area contributed by atoms with Crippen molar-refractivity contribution in [2.75, 3.05) is 44.7 Å². The van der Waals surface area contributed by atoms with Gasteiger partial charge in [0.1, 0.15) is 23.6 Å². The molecule has 5 rings (SSSR count). The number of nitrogens with zero attached hydrogens (tertiary/aromatic N) is 6. The van der Waals surface area contributed by atoms with E-state index in [1.165, 1.54) is 34.9 Å². The molecular formula is C23H27F3N8O4S. The number of rotatable bonds is 8. The van der Waals surface area contributed by atoms with Gasteiger partial charge in [-0.2, -0.15) is 9.40 Å². The summed E-state index contributed by atoms with van der Waals surface area (Å²) >= 11 is 0. The van der Waals surface area contributed by atoms with E-state index in [2.05, 4.69) is 20.4 Å². The minimum absolute atomic E-state index is 0.0774. The molecule has 2 fully saturated rings. The van der Waals surface area contributed by atoms with Crippen LogP contribution in [0.5, 0.6) is 5.88 Å². The Kier molecular flexibility index (Phi) is 5.95. The number of likely N-dealkylation sites (tertiary alicyclic amines) is 1. The fraction of sp³-hybridized carbons (Fsp3) is 0.478. The van der Waals surface area contributed by atoms with Crippen molar-refractivity contribution < 1.29 is 35.2 Å². The monoisotopic (exact) mass is 571 g/mol. The molecule has 2 saturated heterocycles. The van der Waals surface area contributed by atoms with Crippen molar-refractivity contribution in [3.05, 3.63) is 35.8 Å². The molecule has 0 radical (unpaired) electrons. The molecule has 0 saturated carbocycles. The molecule has 39 heavy (non-hydrogen) atoms. The summed E-state index contributed by atoms with van der Waals surface area (Å²) in [4.78, 5) is 22.9. The van der Waals surface area contributed by atoms with E-state index in [0.29, 0.717) is 16.8 Å². The number of nitrogen functional groups attached to an aromatic ring is 1. The Morgan fingerprint density at radius 2 is 2.08 bits per heavy atom. The fourth-order valence-electron chi connectivity index (χ4n) is 4.79. The molecule has 2 aliphatic rings. The Balaban J connectivity index is 1.50. The molecule has 3 aromatic heterocycles. The number of halogens is 3. The maximum Gasteiger partial charge on any atom is 0.272 e. The summed E-state index contributed by atoms with van der Waals surface area (Å²) in [6.45, 7) is -0.111. The number of pyridine rings is 1. The Bertz CT molecular complexity index is 1630. The first kappa shape index (κ1) is 23.4. The van der Waals surface area contributed by atoms with E-state index in [1.807, 2.05) is 0 Å². The highest BCUT2D eigenvalue weighted by atomic mass is 32.2. The van der Waals surface area contributed by atoms with Gasteiger partial charge in [-0.1, -0.05) is 0 Å². The Morgan fingerprint density at radius 3 is 2.77 bits per heavy atom. The zero-order chi connectivity index (χ0) is 30.6. The van der Waals surface area contributed by atoms with Gasteiger partial charge in [-0.3, -0.25) is 9.69 Å². The molecule has 210 valence electrons. The number of methoxy groups -OCH3 is 1. The van der Waals surface area contributed by atoms with Crippen LogP contribution in [0.15, 0.2) is 24.7 Å². The third kappa shape index (κ3) is 5.10. The highest BCUT2D eigenvalue weighted by Gasteiger charge is 2.44. The van der Waals surface area contributed by atoms with Gasteiger partial charge in [0, 0.05) is 31.4 Å². The average molecular weight is 572 g/mol. The van der Waals surface area contributed by atoms with Crippen LogP contribution in [0.2, 0.25) is 0 Å². The summed E-state index contributed by atoms with van der Waals surface area (Å²) in [7, 11) is -6.70. The highest BCUT2D eigenvalue weighted by molar-refractivity contribution is 7.89. The van der Waals surface area contributed by atoms with Crippen LogP contribution >= 0.6 is 0 Å². The quantitative estimate of drug-likeness (QED) is 0.403. The van der Waals surface area contributed by atoms with Gasteiger partial charge in [-0.15, -0.1) is 0 Å². The van der Waals surface area contributed by atoms with Gasteiger partial charge in [0.2, 0.25) is 15.9 Å². The number of aromatic nitrogens is 4. The van der Waals surface area contributed by atoms with Crippen LogP contribution in [-0.2, 0) is 16.6 Å². The predicted molar refractivity (Wildman–Crippen MR) is 135 cm³/mol. The van der Waals surface area contributed by atoms with Gasteiger partial charge in [0.05, 0.1) is 41.7 Å². The lowest BCUT2D eigenvalue weighted by atomic mass is 10.1. The fourth-order valence-corrected chi connectivity index (χ4v) is 5.91. The lowest BCUT2D eigenvalue weighted by Crippen LogP contribution is -2.55. The molecule has 5 heterocycles. The molecule has 12 nitrogen and oxygen atoms in total. The molecule has 0 bridgehead atoms. The summed E-state index contributed by atoms with van der Waals surface area (Å²) in [5.41, 5.74) is 7.15. The van der Waals surface area contributed by atoms with Gasteiger partial charge >= 0.3 is 0 Å². The van der Waals surface area contributed by atoms with Crippen LogP contribution < -0.4 is 15.8 Å². The number of alkyl halides is 3. The van der Waals surface area contributed by atoms with Crippen molar-refractivity contribution in [2.24, 2.45) is 0 Å². The number of amides is 1. The summed E-state index contributed by atoms with van der Waals surface area (Å²) in [5.74, 6) is -4.48. The third-order valence-electron chi connectivity index (χ3n) is 6.74. The topological polar surface area (TPSA) is 148 Å². The first-order valence-corrected chi connectivity index (χ1v) is 13.5. The predicted octanol–water partition coefficient (Wildman–Crippen LogP) is 0.935. The lowest BCUT2D eigenvalue weighted by Gasteiger charge is -2.38. The summed E-state index contributed by atoms with van der Waals surface area (Å²) in [6, 6.07) is 1.65. The molecule has 3 aromatic rings. The minimum Gasteiger partial charge on any atom is -0.480 e. The molecule has 3 N–H and O–H groups in total. The Hall–Kier alpha value is -3.50. The standard InChI is InChI=1S/C23H27F3N8O4S/c1-3-39(36,37)33-8-16(24)17(9-33)31-21(35)15-4-13(6-28-22(15)38-2)18-5-14(7-32-10-23(25,26)11-32)19-20(27)29-12-30-34(18)19/h4-6,12,16-17H,3,7-11H2,1-2H3,(H,31,35)(H2,27,29,30)/t16-,17+/m0/s1/i2D3. The number of carbonyl (C=O) groups excluding carboxylic acids is 1. The summed E-state index contributed by atoms with van der Waals surface area (Å²) in [5, 5.41) is 6.63. The molecule has 2 atom stereocenters. The second kappa shape index (κ2) is 9.91. The van der Waals surface area contributed by atoms with Crippen molar-refractivity contribution in [3.63, 3.8) is 0 Å². The molecule has 0 spiro atoms. The van der Waals surface area contributed by atoms with Crippen molar-refractivity contribution in [2.45, 2.75) is 31.6 Å². The van der Waals surface area contributed by atoms with Crippen LogP contribution in [0.1, 0.15) is 27.0 Å². The number of carbonyl (C=O) groups is 1. The molecule has 0 aliphatic carbocycles. The zero-order valence-electron chi connectivity index (χ0n) is 23.6. The molecular weight excluding hydrogens is 541 g/mol. The van der Waals surface area contributed by atoms with Crippen LogP contribution in [0, 0.1) is 0 Å². The van der Waals surface area contributed by atoms with Gasteiger partial charge in [-0.25, -0.2) is 36.1 Å². The molecule has 0 unspecified atom stereocenters. The maximum absolute atomic E-state index is 14.8. The first-order valence-electron chi connectivity index (χ1n) is 13.4. The van der Waals surface area contributed by atoms with Gasteiger partial charge < -0.3 is 15.8 Å². The molecule has 1 amide bonds. The van der Waals surface area contributed by atoms with Gasteiger partial charge in [-0.05, 0) is 24.6 Å². The Morgan fingerprint density at radius 1 is 1.31 bits per heavy atom. The van der Waals surface area contributed by atoms with Crippen LogP contribution in [0.3, 0.4) is 0 Å². The van der Waals surface area contributed by atoms with E-state index in [-0.39, 0.29) is 35.8 Å². The highest BCUT2D eigenvalue weighted by Crippen LogP contribution is 2.34. The second-order valence-corrected chi connectivity index (χ2v) is 11.7. The van der Waals surface area contributed by atoms with Crippen molar-refractivity contribution in [1.82, 2.24) is 34.1 Å². The number of fused-ring (bicyclic) bond motifs is 1. The van der Waals surface area contributed by atoms with Crippen LogP contribution in [-0.4, -0.2) is 100 Å². The first-order chi connectivity index (χ1) is 19.6. The van der Waals surface area contributed by atoms with Gasteiger partial charge in [0.15, 0.2) is 5.82 Å². The van der Waals surface area contributed by atoms with Crippen LogP contribution in [0.25, 0.3) is 16.8 Å². The summed E-state index contributed by atoms with van der Waals surface area (Å²) in [6.07, 6.45) is 0.685. The maximum atomic E-state index is 14.8. The number of anilines is 1. The largest absolute Gasteiger partial charge is 0.480 e. The van der Waals surface area contributed by atoms with Crippen molar-refractivity contribution in [3.8, 4) is 17.1 Å². The smallest absolute Gasteiger partial charge is 0.272 e. The van der Waals surface area contributed by atoms with E-state index in [0.717, 1.165) is 4.31 Å². The minimum atomic E-state index is -3.71. The van der Waals surface area contributed by atoms with Gasteiger partial charge in [0.25, 0.3) is 11.8 Å². The van der Waals surface area contributed by atoms with Crippen molar-refractivity contribution >= 4 is 27.3 Å². The van der Waals surface area contributed by atoms with Crippen molar-refractivity contribution in [1.29, 1.82) is 0 Å². The summed E-state index contributed by atoms with van der Waals surface area (Å²) < 4.78 is 95.7. The normalized spacial score (nSPS) is 23.1. The second-order valence-electron chi connectivity index (χ2n) is 9.45. The van der Waals surface area contributed by atoms with Crippen LogP contribution in [0.4, 0.5) is 19.0 Å². The number of nitrogens with two attached hydrogens (primary N) is 1. The van der Waals surface area contributed by atoms with E-state index < -0.39 is 66.6 Å². The number of ether oxygens (including phenoxy) is 1. The van der Waals surface area contributed by atoms with E-state index in [9.17, 15) is 26.4 Å². The van der Waals surface area contributed by atoms with E-state index in [4.69, 9.17) is 14.6 Å². The Labute approximate surface area is 226 Å². The number of nitrogens with one attached hydrogen (secondary N) is 1. The molecule has 0 aromatic carbocycles. The lowest BCUT2D eigenvalue weighted by molar-refractivity contribution is -0.133. The SMILES string of the molecule is [2H]C([2H])([2H])Oc1ncc(-c2cc(CN3CC(F)(F)C3)c3c(N)ncnn23)cc1C(=O)N[C@@H]1CN(S(=O)(=O)CC)C[C@@H]1F. The number of sulfonamides is 1. The zero-order valence-corrected chi connectivity index (χ0v) is 21.5. The third-order valence-corrected chi connectivity index (χ3v) is 8.56. The number of hydrogen-bond acceptors (Lipinski definition) is 9. The molecule has 16 heteroatoms. The van der Waals surface area contributed by atoms with E-state index in [1.54, 1.807) is 6.07 Å². The number of hydrogen-bond donors (Lipinski definition) is 2. The van der Waals surface area contributed by atoms with E-state index >= 15 is 0 Å².